The molecule has 0 aromatic heterocycles. The van der Waals surface area contributed by atoms with Crippen LogP contribution in [-0.2, 0) is 10.0 Å². The zero-order valence-corrected chi connectivity index (χ0v) is 12.6. The standard InChI is InChI=1S/C15H19N3O2S/c1-11(12-5-3-2-4-6-12)10-18-14-7-13(16)8-15(9-14)21(17,19)20/h2-9,11,18H,10,16H2,1H3,(H2,17,19,20). The van der Waals surface area contributed by atoms with E-state index in [1.54, 1.807) is 6.07 Å². The van der Waals surface area contributed by atoms with Gasteiger partial charge >= 0.3 is 0 Å². The minimum Gasteiger partial charge on any atom is -0.399 e. The molecule has 2 rings (SSSR count). The summed E-state index contributed by atoms with van der Waals surface area (Å²) < 4.78 is 22.8. The first-order valence-electron chi connectivity index (χ1n) is 6.58. The zero-order chi connectivity index (χ0) is 15.5. The summed E-state index contributed by atoms with van der Waals surface area (Å²) >= 11 is 0. The first kappa shape index (κ1) is 15.3. The van der Waals surface area contributed by atoms with Crippen molar-refractivity contribution < 1.29 is 8.42 Å². The van der Waals surface area contributed by atoms with Gasteiger partial charge in [-0.3, -0.25) is 0 Å². The van der Waals surface area contributed by atoms with Crippen molar-refractivity contribution in [3.05, 3.63) is 54.1 Å². The quantitative estimate of drug-likeness (QED) is 0.737. The van der Waals surface area contributed by atoms with E-state index < -0.39 is 10.0 Å². The highest BCUT2D eigenvalue weighted by atomic mass is 32.2. The molecule has 21 heavy (non-hydrogen) atoms. The maximum atomic E-state index is 11.4. The Morgan fingerprint density at radius 3 is 2.43 bits per heavy atom. The number of nitrogen functional groups attached to an aromatic ring is 1. The maximum Gasteiger partial charge on any atom is 0.238 e. The molecule has 6 heteroatoms. The Kier molecular flexibility index (Phi) is 4.50. The molecule has 0 bridgehead atoms. The summed E-state index contributed by atoms with van der Waals surface area (Å²) in [5.74, 6) is 0.283. The van der Waals surface area contributed by atoms with Gasteiger partial charge in [-0.15, -0.1) is 0 Å². The second kappa shape index (κ2) is 6.15. The molecule has 0 aliphatic rings. The van der Waals surface area contributed by atoms with Crippen LogP contribution in [-0.4, -0.2) is 15.0 Å². The Balaban J connectivity index is 2.12. The lowest BCUT2D eigenvalue weighted by molar-refractivity contribution is 0.598. The van der Waals surface area contributed by atoms with Crippen LogP contribution in [0.1, 0.15) is 18.4 Å². The molecule has 0 amide bonds. The van der Waals surface area contributed by atoms with Crippen LogP contribution in [0.15, 0.2) is 53.4 Å². The van der Waals surface area contributed by atoms with Crippen LogP contribution in [0.4, 0.5) is 11.4 Å². The average Bonchev–Trinajstić information content (AvgIpc) is 2.44. The second-order valence-corrected chi connectivity index (χ2v) is 6.59. The highest BCUT2D eigenvalue weighted by molar-refractivity contribution is 7.89. The van der Waals surface area contributed by atoms with E-state index in [2.05, 4.69) is 24.4 Å². The van der Waals surface area contributed by atoms with Crippen LogP contribution in [0, 0.1) is 0 Å². The van der Waals surface area contributed by atoms with E-state index in [0.717, 1.165) is 0 Å². The molecule has 1 unspecified atom stereocenters. The summed E-state index contributed by atoms with van der Waals surface area (Å²) in [6.45, 7) is 2.76. The Hall–Kier alpha value is -2.05. The third kappa shape index (κ3) is 4.21. The smallest absolute Gasteiger partial charge is 0.238 e. The molecule has 0 saturated carbocycles. The van der Waals surface area contributed by atoms with Gasteiger partial charge in [0, 0.05) is 17.9 Å². The molecule has 2 aromatic carbocycles. The first-order valence-corrected chi connectivity index (χ1v) is 8.13. The van der Waals surface area contributed by atoms with Crippen molar-refractivity contribution in [2.75, 3.05) is 17.6 Å². The Morgan fingerprint density at radius 2 is 1.81 bits per heavy atom. The number of hydrogen-bond acceptors (Lipinski definition) is 4. The topological polar surface area (TPSA) is 98.2 Å². The number of hydrogen-bond donors (Lipinski definition) is 3. The van der Waals surface area contributed by atoms with Crippen LogP contribution in [0.5, 0.6) is 0 Å². The highest BCUT2D eigenvalue weighted by Crippen LogP contribution is 2.21. The summed E-state index contributed by atoms with van der Waals surface area (Å²) in [4.78, 5) is 0.0114. The first-order chi connectivity index (χ1) is 9.86. The van der Waals surface area contributed by atoms with Gasteiger partial charge in [-0.1, -0.05) is 37.3 Å². The molecular formula is C15H19N3O2S. The summed E-state index contributed by atoms with van der Waals surface area (Å²) in [6, 6.07) is 14.6. The molecule has 0 radical (unpaired) electrons. The average molecular weight is 305 g/mol. The number of sulfonamides is 1. The summed E-state index contributed by atoms with van der Waals surface area (Å²) in [6.07, 6.45) is 0. The Labute approximate surface area is 125 Å². The molecule has 0 saturated heterocycles. The summed E-state index contributed by atoms with van der Waals surface area (Å²) in [5, 5.41) is 8.33. The molecule has 1 atom stereocenters. The van der Waals surface area contributed by atoms with Gasteiger partial charge in [0.05, 0.1) is 4.90 Å². The van der Waals surface area contributed by atoms with Gasteiger partial charge in [-0.2, -0.15) is 0 Å². The predicted octanol–water partition coefficient (Wildman–Crippen LogP) is 2.13. The Morgan fingerprint density at radius 1 is 1.14 bits per heavy atom. The maximum absolute atomic E-state index is 11.4. The van der Waals surface area contributed by atoms with Crippen molar-refractivity contribution in [1.82, 2.24) is 0 Å². The van der Waals surface area contributed by atoms with E-state index >= 15 is 0 Å². The lowest BCUT2D eigenvalue weighted by Crippen LogP contribution is -2.14. The fourth-order valence-corrected chi connectivity index (χ4v) is 2.65. The highest BCUT2D eigenvalue weighted by Gasteiger charge is 2.11. The van der Waals surface area contributed by atoms with Crippen LogP contribution in [0.3, 0.4) is 0 Å². The van der Waals surface area contributed by atoms with Crippen molar-refractivity contribution in [1.29, 1.82) is 0 Å². The van der Waals surface area contributed by atoms with Gasteiger partial charge in [0.2, 0.25) is 10.0 Å². The molecule has 2 aromatic rings. The van der Waals surface area contributed by atoms with Gasteiger partial charge in [-0.25, -0.2) is 13.6 Å². The van der Waals surface area contributed by atoms with Gasteiger partial charge in [0.1, 0.15) is 0 Å². The number of rotatable bonds is 5. The molecular weight excluding hydrogens is 286 g/mol. The third-order valence-corrected chi connectivity index (χ3v) is 4.13. The summed E-state index contributed by atoms with van der Waals surface area (Å²) in [5.41, 5.74) is 7.92. The second-order valence-electron chi connectivity index (χ2n) is 5.03. The Bertz CT molecular complexity index is 715. The number of anilines is 2. The fraction of sp³-hybridized carbons (Fsp3) is 0.200. The van der Waals surface area contributed by atoms with E-state index in [1.807, 2.05) is 18.2 Å². The lowest BCUT2D eigenvalue weighted by atomic mass is 10.0. The van der Waals surface area contributed by atoms with Crippen molar-refractivity contribution in [2.45, 2.75) is 17.7 Å². The van der Waals surface area contributed by atoms with E-state index in [-0.39, 0.29) is 10.8 Å². The van der Waals surface area contributed by atoms with E-state index in [4.69, 9.17) is 10.9 Å². The predicted molar refractivity (Wildman–Crippen MR) is 85.6 cm³/mol. The number of primary sulfonamides is 1. The zero-order valence-electron chi connectivity index (χ0n) is 11.8. The lowest BCUT2D eigenvalue weighted by Gasteiger charge is -2.15. The van der Waals surface area contributed by atoms with E-state index in [1.165, 1.54) is 17.7 Å². The van der Waals surface area contributed by atoms with E-state index in [0.29, 0.717) is 17.9 Å². The number of nitrogens with two attached hydrogens (primary N) is 2. The summed E-state index contributed by atoms with van der Waals surface area (Å²) in [7, 11) is -3.76. The van der Waals surface area contributed by atoms with Crippen LogP contribution in [0.2, 0.25) is 0 Å². The van der Waals surface area contributed by atoms with Crippen molar-refractivity contribution in [3.8, 4) is 0 Å². The van der Waals surface area contributed by atoms with Crippen molar-refractivity contribution in [3.63, 3.8) is 0 Å². The normalized spacial score (nSPS) is 12.9. The largest absolute Gasteiger partial charge is 0.399 e. The fourth-order valence-electron chi connectivity index (χ4n) is 2.06. The molecule has 0 aliphatic heterocycles. The molecule has 0 fully saturated rings. The molecule has 5 N–H and O–H groups in total. The van der Waals surface area contributed by atoms with Gasteiger partial charge < -0.3 is 11.1 Å². The van der Waals surface area contributed by atoms with Crippen LogP contribution >= 0.6 is 0 Å². The minimum absolute atomic E-state index is 0.0114. The van der Waals surface area contributed by atoms with Crippen LogP contribution < -0.4 is 16.2 Å². The third-order valence-electron chi connectivity index (χ3n) is 3.24. The molecule has 112 valence electrons. The SMILES string of the molecule is CC(CNc1cc(N)cc(S(N)(=O)=O)c1)c1ccccc1. The van der Waals surface area contributed by atoms with Gasteiger partial charge in [0.15, 0.2) is 0 Å². The van der Waals surface area contributed by atoms with Crippen molar-refractivity contribution in [2.24, 2.45) is 5.14 Å². The van der Waals surface area contributed by atoms with Gasteiger partial charge in [0.25, 0.3) is 0 Å². The number of nitrogens with one attached hydrogen (secondary N) is 1. The van der Waals surface area contributed by atoms with E-state index in [9.17, 15) is 8.42 Å². The minimum atomic E-state index is -3.76. The number of benzene rings is 2. The monoisotopic (exact) mass is 305 g/mol. The van der Waals surface area contributed by atoms with Crippen molar-refractivity contribution >= 4 is 21.4 Å². The van der Waals surface area contributed by atoms with Gasteiger partial charge in [-0.05, 0) is 29.7 Å². The molecule has 0 heterocycles. The molecule has 0 aliphatic carbocycles. The molecule has 5 nitrogen and oxygen atoms in total. The van der Waals surface area contributed by atoms with Crippen LogP contribution in [0.25, 0.3) is 0 Å². The molecule has 0 spiro atoms.